The van der Waals surface area contributed by atoms with Gasteiger partial charge in [-0.1, -0.05) is 29.8 Å². The molecular weight excluding hydrogens is 344 g/mol. The van der Waals surface area contributed by atoms with Crippen molar-refractivity contribution < 1.29 is 23.7 Å². The van der Waals surface area contributed by atoms with E-state index < -0.39 is 6.10 Å². The van der Waals surface area contributed by atoms with E-state index in [-0.39, 0.29) is 12.4 Å². The van der Waals surface area contributed by atoms with Crippen LogP contribution in [0.25, 0.3) is 0 Å². The smallest absolute Gasteiger partial charge is 0.310 e. The molecule has 0 saturated heterocycles. The second-order valence-electron chi connectivity index (χ2n) is 5.36. The van der Waals surface area contributed by atoms with Crippen LogP contribution in [0.4, 0.5) is 0 Å². The molecule has 0 fully saturated rings. The maximum Gasteiger partial charge on any atom is 0.310 e. The van der Waals surface area contributed by atoms with Crippen molar-refractivity contribution in [2.75, 3.05) is 21.3 Å². The van der Waals surface area contributed by atoms with Crippen molar-refractivity contribution in [2.24, 2.45) is 0 Å². The molecule has 0 radical (unpaired) electrons. The lowest BCUT2D eigenvalue weighted by Crippen LogP contribution is -2.12. The molecule has 6 heteroatoms. The van der Waals surface area contributed by atoms with Crippen LogP contribution in [-0.2, 0) is 16.0 Å². The Morgan fingerprint density at radius 2 is 1.64 bits per heavy atom. The number of carbonyl (C=O) groups is 1. The van der Waals surface area contributed by atoms with Gasteiger partial charge in [0.1, 0.15) is 6.10 Å². The number of hydrogen-bond acceptors (Lipinski definition) is 5. The SMILES string of the molecule is COc1cc(CC(=O)O[C@H](C)c2ccccc2Cl)cc(OC)c1OC. The third-order valence-corrected chi connectivity index (χ3v) is 4.07. The van der Waals surface area contributed by atoms with E-state index in [4.69, 9.17) is 30.5 Å². The minimum Gasteiger partial charge on any atom is -0.493 e. The van der Waals surface area contributed by atoms with Gasteiger partial charge in [0.05, 0.1) is 27.8 Å². The Labute approximate surface area is 152 Å². The maximum absolute atomic E-state index is 12.3. The van der Waals surface area contributed by atoms with Crippen molar-refractivity contribution in [3.63, 3.8) is 0 Å². The van der Waals surface area contributed by atoms with Crippen molar-refractivity contribution in [3.05, 3.63) is 52.5 Å². The summed E-state index contributed by atoms with van der Waals surface area (Å²) in [7, 11) is 4.58. The zero-order valence-electron chi connectivity index (χ0n) is 14.7. The minimum absolute atomic E-state index is 0.0749. The van der Waals surface area contributed by atoms with Crippen LogP contribution in [0.1, 0.15) is 24.2 Å². The first kappa shape index (κ1) is 18.9. The average molecular weight is 365 g/mol. The summed E-state index contributed by atoms with van der Waals surface area (Å²) >= 11 is 6.14. The molecule has 134 valence electrons. The topological polar surface area (TPSA) is 54.0 Å². The molecule has 25 heavy (non-hydrogen) atoms. The highest BCUT2D eigenvalue weighted by molar-refractivity contribution is 6.31. The molecule has 0 saturated carbocycles. The van der Waals surface area contributed by atoms with Gasteiger partial charge >= 0.3 is 5.97 Å². The molecule has 0 bridgehead atoms. The second-order valence-corrected chi connectivity index (χ2v) is 5.77. The van der Waals surface area contributed by atoms with E-state index in [2.05, 4.69) is 0 Å². The number of methoxy groups -OCH3 is 3. The lowest BCUT2D eigenvalue weighted by atomic mass is 10.1. The quantitative estimate of drug-likeness (QED) is 0.689. The summed E-state index contributed by atoms with van der Waals surface area (Å²) in [5, 5.41) is 0.565. The highest BCUT2D eigenvalue weighted by atomic mass is 35.5. The summed E-state index contributed by atoms with van der Waals surface area (Å²) in [5.74, 6) is 1.08. The van der Waals surface area contributed by atoms with Crippen LogP contribution >= 0.6 is 11.6 Å². The molecule has 2 aromatic carbocycles. The first-order chi connectivity index (χ1) is 12.0. The molecule has 2 aromatic rings. The van der Waals surface area contributed by atoms with Gasteiger partial charge in [0.2, 0.25) is 5.75 Å². The molecule has 2 rings (SSSR count). The Kier molecular flexibility index (Phi) is 6.53. The number of halogens is 1. The van der Waals surface area contributed by atoms with Crippen LogP contribution in [0, 0.1) is 0 Å². The molecule has 0 heterocycles. The Morgan fingerprint density at radius 3 is 2.16 bits per heavy atom. The average Bonchev–Trinajstić information content (AvgIpc) is 2.60. The molecule has 1 atom stereocenters. The molecule has 5 nitrogen and oxygen atoms in total. The number of ether oxygens (including phenoxy) is 4. The van der Waals surface area contributed by atoms with Gasteiger partial charge in [-0.15, -0.1) is 0 Å². The van der Waals surface area contributed by atoms with E-state index in [9.17, 15) is 4.79 Å². The van der Waals surface area contributed by atoms with Crippen molar-refractivity contribution in [3.8, 4) is 17.2 Å². The number of hydrogen-bond donors (Lipinski definition) is 0. The lowest BCUT2D eigenvalue weighted by molar-refractivity contribution is -0.147. The normalized spacial score (nSPS) is 11.6. The van der Waals surface area contributed by atoms with Crippen LogP contribution in [0.2, 0.25) is 5.02 Å². The van der Waals surface area contributed by atoms with E-state index in [1.165, 1.54) is 21.3 Å². The van der Waals surface area contributed by atoms with Gasteiger partial charge < -0.3 is 18.9 Å². The minimum atomic E-state index is -0.441. The third kappa shape index (κ3) is 4.57. The van der Waals surface area contributed by atoms with E-state index in [1.54, 1.807) is 25.1 Å². The van der Waals surface area contributed by atoms with Gasteiger partial charge in [0.25, 0.3) is 0 Å². The van der Waals surface area contributed by atoms with E-state index in [0.29, 0.717) is 27.8 Å². The van der Waals surface area contributed by atoms with Gasteiger partial charge in [-0.2, -0.15) is 0 Å². The maximum atomic E-state index is 12.3. The van der Waals surface area contributed by atoms with Crippen molar-refractivity contribution in [1.82, 2.24) is 0 Å². The van der Waals surface area contributed by atoms with Gasteiger partial charge in [-0.05, 0) is 30.7 Å². The van der Waals surface area contributed by atoms with Crippen LogP contribution < -0.4 is 14.2 Å². The van der Waals surface area contributed by atoms with Gasteiger partial charge in [-0.25, -0.2) is 0 Å². The molecule has 0 spiro atoms. The number of rotatable bonds is 7. The summed E-state index contributed by atoms with van der Waals surface area (Å²) in [6, 6.07) is 10.7. The van der Waals surface area contributed by atoms with Crippen molar-refractivity contribution in [2.45, 2.75) is 19.4 Å². The fraction of sp³-hybridized carbons (Fsp3) is 0.316. The van der Waals surface area contributed by atoms with E-state index in [1.807, 2.05) is 18.2 Å². The number of esters is 1. The molecule has 0 aliphatic carbocycles. The molecular formula is C19H21ClO5. The highest BCUT2D eigenvalue weighted by Crippen LogP contribution is 2.38. The predicted molar refractivity (Wildman–Crippen MR) is 95.8 cm³/mol. The Hall–Kier alpha value is -2.40. The highest BCUT2D eigenvalue weighted by Gasteiger charge is 2.18. The van der Waals surface area contributed by atoms with Crippen LogP contribution in [0.15, 0.2) is 36.4 Å². The van der Waals surface area contributed by atoms with Gasteiger partial charge in [0, 0.05) is 10.6 Å². The molecule has 0 unspecified atom stereocenters. The summed E-state index contributed by atoms with van der Waals surface area (Å²) in [4.78, 5) is 12.3. The van der Waals surface area contributed by atoms with Crippen molar-refractivity contribution in [1.29, 1.82) is 0 Å². The summed E-state index contributed by atoms with van der Waals surface area (Å²) in [6.07, 6.45) is -0.367. The summed E-state index contributed by atoms with van der Waals surface area (Å²) < 4.78 is 21.3. The zero-order valence-corrected chi connectivity index (χ0v) is 15.4. The van der Waals surface area contributed by atoms with E-state index >= 15 is 0 Å². The molecule has 0 aliphatic rings. The van der Waals surface area contributed by atoms with Crippen LogP contribution in [0.5, 0.6) is 17.2 Å². The Bertz CT molecular complexity index is 719. The van der Waals surface area contributed by atoms with Gasteiger partial charge in [0.15, 0.2) is 11.5 Å². The molecule has 0 amide bonds. The van der Waals surface area contributed by atoms with Crippen LogP contribution in [-0.4, -0.2) is 27.3 Å². The number of carbonyl (C=O) groups excluding carboxylic acids is 1. The Morgan fingerprint density at radius 1 is 1.04 bits per heavy atom. The first-order valence-electron chi connectivity index (χ1n) is 7.73. The third-order valence-electron chi connectivity index (χ3n) is 3.72. The van der Waals surface area contributed by atoms with Gasteiger partial charge in [-0.3, -0.25) is 4.79 Å². The number of benzene rings is 2. The molecule has 0 aromatic heterocycles. The standard InChI is InChI=1S/C19H21ClO5/c1-12(14-7-5-6-8-15(14)20)25-18(21)11-13-9-16(22-2)19(24-4)17(10-13)23-3/h5-10,12H,11H2,1-4H3/t12-/m1/s1. The summed E-state index contributed by atoms with van der Waals surface area (Å²) in [5.41, 5.74) is 1.47. The predicted octanol–water partition coefficient (Wildman–Crippen LogP) is 4.21. The monoisotopic (exact) mass is 364 g/mol. The lowest BCUT2D eigenvalue weighted by Gasteiger charge is -2.16. The Balaban J connectivity index is 2.14. The fourth-order valence-corrected chi connectivity index (χ4v) is 2.80. The fourth-order valence-electron chi connectivity index (χ4n) is 2.51. The van der Waals surface area contributed by atoms with Crippen LogP contribution in [0.3, 0.4) is 0 Å². The molecule has 0 N–H and O–H groups in total. The molecule has 0 aliphatic heterocycles. The first-order valence-corrected chi connectivity index (χ1v) is 8.10. The largest absolute Gasteiger partial charge is 0.493 e. The summed E-state index contributed by atoms with van der Waals surface area (Å²) in [6.45, 7) is 1.79. The zero-order chi connectivity index (χ0) is 18.4. The second kappa shape index (κ2) is 8.62. The van der Waals surface area contributed by atoms with E-state index in [0.717, 1.165) is 5.56 Å². The van der Waals surface area contributed by atoms with Crippen molar-refractivity contribution >= 4 is 17.6 Å².